The number of rotatable bonds is 10. The Kier molecular flexibility index (Phi) is 7.88. The maximum absolute atomic E-state index is 6.14. The highest BCUT2D eigenvalue weighted by Crippen LogP contribution is 2.66. The SMILES string of the molecule is CCCCCOC1CCC2(CC1)CC1(CCC(OCCCCC)CC1)C2. The molecule has 0 saturated heterocycles. The topological polar surface area (TPSA) is 18.5 Å². The van der Waals surface area contributed by atoms with Crippen LogP contribution in [0.2, 0.25) is 0 Å². The third-order valence-corrected chi connectivity index (χ3v) is 7.69. The van der Waals surface area contributed by atoms with Crippen molar-refractivity contribution in [3.05, 3.63) is 0 Å². The molecule has 0 bridgehead atoms. The maximum atomic E-state index is 6.14. The Morgan fingerprint density at radius 2 is 1.00 bits per heavy atom. The highest BCUT2D eigenvalue weighted by Gasteiger charge is 2.55. The molecule has 0 aromatic rings. The first kappa shape index (κ1) is 20.6. The molecule has 2 nitrogen and oxygen atoms in total. The van der Waals surface area contributed by atoms with E-state index in [2.05, 4.69) is 13.8 Å². The van der Waals surface area contributed by atoms with Crippen molar-refractivity contribution < 1.29 is 9.47 Å². The molecule has 0 heterocycles. The smallest absolute Gasteiger partial charge is 0.0575 e. The molecule has 3 aliphatic rings. The summed E-state index contributed by atoms with van der Waals surface area (Å²) in [6, 6.07) is 0. The summed E-state index contributed by atoms with van der Waals surface area (Å²) in [4.78, 5) is 0. The Bertz CT molecular complexity index is 343. The fourth-order valence-electron chi connectivity index (χ4n) is 6.19. The molecular weight excluding hydrogens is 320 g/mol. The van der Waals surface area contributed by atoms with E-state index in [1.165, 1.54) is 103 Å². The summed E-state index contributed by atoms with van der Waals surface area (Å²) in [7, 11) is 0. The van der Waals surface area contributed by atoms with Gasteiger partial charge in [-0.1, -0.05) is 39.5 Å². The molecule has 3 fully saturated rings. The summed E-state index contributed by atoms with van der Waals surface area (Å²) in [5, 5.41) is 0. The molecule has 3 saturated carbocycles. The summed E-state index contributed by atoms with van der Waals surface area (Å²) in [6.45, 7) is 6.52. The summed E-state index contributed by atoms with van der Waals surface area (Å²) < 4.78 is 12.3. The number of hydrogen-bond donors (Lipinski definition) is 0. The van der Waals surface area contributed by atoms with E-state index in [0.717, 1.165) is 13.2 Å². The van der Waals surface area contributed by atoms with Gasteiger partial charge < -0.3 is 9.47 Å². The van der Waals surface area contributed by atoms with Gasteiger partial charge in [0, 0.05) is 13.2 Å². The minimum Gasteiger partial charge on any atom is -0.378 e. The van der Waals surface area contributed by atoms with Gasteiger partial charge in [0.1, 0.15) is 0 Å². The molecule has 0 unspecified atom stereocenters. The molecule has 0 aliphatic heterocycles. The molecular formula is C24H44O2. The van der Waals surface area contributed by atoms with Crippen LogP contribution in [0.15, 0.2) is 0 Å². The fourth-order valence-corrected chi connectivity index (χ4v) is 6.19. The predicted octanol–water partition coefficient (Wildman–Crippen LogP) is 7.05. The van der Waals surface area contributed by atoms with Crippen LogP contribution in [0.5, 0.6) is 0 Å². The van der Waals surface area contributed by atoms with Gasteiger partial charge in [-0.05, 0) is 87.9 Å². The van der Waals surface area contributed by atoms with Crippen molar-refractivity contribution in [3.8, 4) is 0 Å². The normalized spacial score (nSPS) is 37.2. The molecule has 0 N–H and O–H groups in total. The first-order valence-corrected chi connectivity index (χ1v) is 11.9. The van der Waals surface area contributed by atoms with Gasteiger partial charge in [-0.25, -0.2) is 0 Å². The molecule has 0 amide bonds. The van der Waals surface area contributed by atoms with Crippen molar-refractivity contribution in [3.63, 3.8) is 0 Å². The quantitative estimate of drug-likeness (QED) is 0.387. The standard InChI is InChI=1S/C24H44O2/c1-3-5-7-17-25-21-9-13-23(14-10-21)19-24(20-23)15-11-22(12-16-24)26-18-8-6-4-2/h21-22H,3-20H2,1-2H3. The van der Waals surface area contributed by atoms with Gasteiger partial charge in [-0.2, -0.15) is 0 Å². The zero-order valence-electron chi connectivity index (χ0n) is 17.7. The van der Waals surface area contributed by atoms with Crippen molar-refractivity contribution in [1.82, 2.24) is 0 Å². The van der Waals surface area contributed by atoms with Crippen LogP contribution in [-0.4, -0.2) is 25.4 Å². The number of hydrogen-bond acceptors (Lipinski definition) is 2. The van der Waals surface area contributed by atoms with Crippen molar-refractivity contribution >= 4 is 0 Å². The van der Waals surface area contributed by atoms with Crippen molar-refractivity contribution in [2.24, 2.45) is 10.8 Å². The Morgan fingerprint density at radius 3 is 1.35 bits per heavy atom. The second-order valence-corrected chi connectivity index (χ2v) is 9.91. The molecule has 0 aromatic carbocycles. The summed E-state index contributed by atoms with van der Waals surface area (Å²) in [6.07, 6.45) is 23.0. The van der Waals surface area contributed by atoms with Gasteiger partial charge >= 0.3 is 0 Å². The first-order valence-electron chi connectivity index (χ1n) is 11.9. The lowest BCUT2D eigenvalue weighted by molar-refractivity contribution is -0.129. The predicted molar refractivity (Wildman–Crippen MR) is 110 cm³/mol. The Morgan fingerprint density at radius 1 is 0.615 bits per heavy atom. The highest BCUT2D eigenvalue weighted by atomic mass is 16.5. The first-order chi connectivity index (χ1) is 12.7. The van der Waals surface area contributed by atoms with E-state index >= 15 is 0 Å². The van der Waals surface area contributed by atoms with E-state index in [0.29, 0.717) is 23.0 Å². The third kappa shape index (κ3) is 5.47. The Balaban J connectivity index is 1.30. The van der Waals surface area contributed by atoms with Crippen LogP contribution in [0, 0.1) is 10.8 Å². The molecule has 0 aromatic heterocycles. The molecule has 3 aliphatic carbocycles. The average Bonchev–Trinajstić information content (AvgIpc) is 2.64. The summed E-state index contributed by atoms with van der Waals surface area (Å²) >= 11 is 0. The molecule has 0 radical (unpaired) electrons. The van der Waals surface area contributed by atoms with Crippen LogP contribution >= 0.6 is 0 Å². The summed E-state index contributed by atoms with van der Waals surface area (Å²) in [5.41, 5.74) is 1.41. The van der Waals surface area contributed by atoms with Gasteiger partial charge in [0.25, 0.3) is 0 Å². The fraction of sp³-hybridized carbons (Fsp3) is 1.00. The maximum Gasteiger partial charge on any atom is 0.0575 e. The van der Waals surface area contributed by atoms with Gasteiger partial charge in [-0.3, -0.25) is 0 Å². The van der Waals surface area contributed by atoms with Crippen LogP contribution in [-0.2, 0) is 9.47 Å². The van der Waals surface area contributed by atoms with Crippen LogP contribution in [0.4, 0.5) is 0 Å². The minimum absolute atomic E-state index is 0.571. The third-order valence-electron chi connectivity index (χ3n) is 7.69. The molecule has 152 valence electrons. The van der Waals surface area contributed by atoms with E-state index in [-0.39, 0.29) is 0 Å². The van der Waals surface area contributed by atoms with Crippen LogP contribution < -0.4 is 0 Å². The largest absolute Gasteiger partial charge is 0.378 e. The lowest BCUT2D eigenvalue weighted by Crippen LogP contribution is -2.51. The van der Waals surface area contributed by atoms with Crippen LogP contribution in [0.1, 0.15) is 117 Å². The van der Waals surface area contributed by atoms with Crippen molar-refractivity contribution in [1.29, 1.82) is 0 Å². The van der Waals surface area contributed by atoms with Gasteiger partial charge in [0.2, 0.25) is 0 Å². The average molecular weight is 365 g/mol. The lowest BCUT2D eigenvalue weighted by atomic mass is 9.45. The second kappa shape index (κ2) is 9.92. The molecule has 3 rings (SSSR count). The van der Waals surface area contributed by atoms with E-state index < -0.39 is 0 Å². The molecule has 2 spiro atoms. The monoisotopic (exact) mass is 364 g/mol. The molecule has 2 heteroatoms. The number of unbranched alkanes of at least 4 members (excludes halogenated alkanes) is 4. The van der Waals surface area contributed by atoms with E-state index in [9.17, 15) is 0 Å². The minimum atomic E-state index is 0.571. The zero-order valence-corrected chi connectivity index (χ0v) is 17.7. The summed E-state index contributed by atoms with van der Waals surface area (Å²) in [5.74, 6) is 0. The number of ether oxygens (including phenoxy) is 2. The molecule has 26 heavy (non-hydrogen) atoms. The van der Waals surface area contributed by atoms with Gasteiger partial charge in [0.05, 0.1) is 12.2 Å². The Labute approximate surface area is 162 Å². The van der Waals surface area contributed by atoms with Crippen molar-refractivity contribution in [2.75, 3.05) is 13.2 Å². The van der Waals surface area contributed by atoms with E-state index in [4.69, 9.17) is 9.47 Å². The molecule has 0 atom stereocenters. The van der Waals surface area contributed by atoms with Gasteiger partial charge in [-0.15, -0.1) is 0 Å². The van der Waals surface area contributed by atoms with E-state index in [1.54, 1.807) is 0 Å². The van der Waals surface area contributed by atoms with Gasteiger partial charge in [0.15, 0.2) is 0 Å². The van der Waals surface area contributed by atoms with Crippen LogP contribution in [0.3, 0.4) is 0 Å². The Hall–Kier alpha value is -0.0800. The second-order valence-electron chi connectivity index (χ2n) is 9.91. The zero-order chi connectivity index (χ0) is 18.3. The van der Waals surface area contributed by atoms with Crippen molar-refractivity contribution in [2.45, 2.75) is 129 Å². The lowest BCUT2D eigenvalue weighted by Gasteiger charge is -2.61. The highest BCUT2D eigenvalue weighted by molar-refractivity contribution is 5.06. The van der Waals surface area contributed by atoms with E-state index in [1.807, 2.05) is 0 Å². The van der Waals surface area contributed by atoms with Crippen LogP contribution in [0.25, 0.3) is 0 Å².